The molecule has 1 saturated heterocycles. The highest BCUT2D eigenvalue weighted by Crippen LogP contribution is 2.27. The van der Waals surface area contributed by atoms with Crippen LogP contribution in [0.25, 0.3) is 11.1 Å². The third-order valence-corrected chi connectivity index (χ3v) is 5.80. The summed E-state index contributed by atoms with van der Waals surface area (Å²) < 4.78 is 12.6. The Balaban J connectivity index is 1.56. The molecule has 0 radical (unpaired) electrons. The van der Waals surface area contributed by atoms with E-state index in [1.54, 1.807) is 24.2 Å². The number of piperidine rings is 1. The standard InChI is InChI=1S/C22H23ClN2O4/c1-2-28-22(27)15-7-10-24(11-8-15)21(26)19-13-20-18(9-12-29-20)25(19)14-16-5-3-4-6-17(16)23/h3-6,9,12-13,15H,2,7-8,10-11,14H2,1H3. The number of carbonyl (C=O) groups excluding carboxylic acids is 2. The van der Waals surface area contributed by atoms with Gasteiger partial charge in [0.05, 0.1) is 24.3 Å². The van der Waals surface area contributed by atoms with Crippen LogP contribution in [0.15, 0.2) is 47.1 Å². The van der Waals surface area contributed by atoms with E-state index in [4.69, 9.17) is 20.8 Å². The van der Waals surface area contributed by atoms with Crippen LogP contribution in [0, 0.1) is 5.92 Å². The van der Waals surface area contributed by atoms with E-state index in [1.165, 1.54) is 0 Å². The van der Waals surface area contributed by atoms with Crippen molar-refractivity contribution in [2.24, 2.45) is 5.92 Å². The second kappa shape index (κ2) is 8.33. The molecule has 3 heterocycles. The summed E-state index contributed by atoms with van der Waals surface area (Å²) in [6.07, 6.45) is 2.85. The molecule has 1 fully saturated rings. The number of benzene rings is 1. The van der Waals surface area contributed by atoms with Gasteiger partial charge in [-0.05, 0) is 31.4 Å². The zero-order valence-corrected chi connectivity index (χ0v) is 17.0. The number of furan rings is 1. The maximum Gasteiger partial charge on any atom is 0.309 e. The Bertz CT molecular complexity index is 1030. The van der Waals surface area contributed by atoms with Crippen LogP contribution in [0.1, 0.15) is 35.8 Å². The summed E-state index contributed by atoms with van der Waals surface area (Å²) in [7, 11) is 0. The molecular formula is C22H23ClN2O4. The molecule has 6 nitrogen and oxygen atoms in total. The van der Waals surface area contributed by atoms with Crippen LogP contribution in [-0.4, -0.2) is 41.0 Å². The van der Waals surface area contributed by atoms with Gasteiger partial charge in [0.2, 0.25) is 0 Å². The summed E-state index contributed by atoms with van der Waals surface area (Å²) in [4.78, 5) is 27.0. The van der Waals surface area contributed by atoms with Crippen molar-refractivity contribution in [2.75, 3.05) is 19.7 Å². The van der Waals surface area contributed by atoms with Gasteiger partial charge < -0.3 is 18.6 Å². The zero-order chi connectivity index (χ0) is 20.4. The maximum atomic E-state index is 13.3. The van der Waals surface area contributed by atoms with Crippen molar-refractivity contribution in [2.45, 2.75) is 26.3 Å². The molecule has 3 aromatic rings. The number of hydrogen-bond donors (Lipinski definition) is 0. The number of halogens is 1. The van der Waals surface area contributed by atoms with Crippen molar-refractivity contribution in [1.82, 2.24) is 9.47 Å². The number of nitrogens with zero attached hydrogens (tertiary/aromatic N) is 2. The van der Waals surface area contributed by atoms with Gasteiger partial charge in [0.1, 0.15) is 5.69 Å². The van der Waals surface area contributed by atoms with Gasteiger partial charge in [-0.1, -0.05) is 29.8 Å². The topological polar surface area (TPSA) is 64.7 Å². The van der Waals surface area contributed by atoms with Crippen LogP contribution in [0.2, 0.25) is 5.02 Å². The number of fused-ring (bicyclic) bond motifs is 1. The summed E-state index contributed by atoms with van der Waals surface area (Å²) in [6, 6.07) is 11.2. The molecule has 7 heteroatoms. The van der Waals surface area contributed by atoms with Gasteiger partial charge in [-0.25, -0.2) is 0 Å². The fourth-order valence-corrected chi connectivity index (χ4v) is 4.06. The van der Waals surface area contributed by atoms with E-state index in [-0.39, 0.29) is 17.8 Å². The Morgan fingerprint density at radius 2 is 1.97 bits per heavy atom. The van der Waals surface area contributed by atoms with E-state index >= 15 is 0 Å². The number of esters is 1. The molecule has 1 aliphatic rings. The van der Waals surface area contributed by atoms with E-state index in [0.29, 0.717) is 55.4 Å². The minimum atomic E-state index is -0.167. The number of ether oxygens (including phenoxy) is 1. The van der Waals surface area contributed by atoms with Crippen LogP contribution < -0.4 is 0 Å². The number of hydrogen-bond acceptors (Lipinski definition) is 4. The third kappa shape index (κ3) is 3.90. The molecule has 29 heavy (non-hydrogen) atoms. The van der Waals surface area contributed by atoms with E-state index in [2.05, 4.69) is 0 Å². The highest BCUT2D eigenvalue weighted by atomic mass is 35.5. The molecule has 152 valence electrons. The molecular weight excluding hydrogens is 392 g/mol. The molecule has 0 saturated carbocycles. The van der Waals surface area contributed by atoms with Gasteiger partial charge in [0.25, 0.3) is 5.91 Å². The molecule has 0 N–H and O–H groups in total. The fraction of sp³-hybridized carbons (Fsp3) is 0.364. The van der Waals surface area contributed by atoms with Crippen LogP contribution in [0.5, 0.6) is 0 Å². The summed E-state index contributed by atoms with van der Waals surface area (Å²) in [5, 5.41) is 0.659. The van der Waals surface area contributed by atoms with Crippen molar-refractivity contribution in [3.8, 4) is 0 Å². The Hall–Kier alpha value is -2.73. The third-order valence-electron chi connectivity index (χ3n) is 5.43. The van der Waals surface area contributed by atoms with Crippen LogP contribution in [0.3, 0.4) is 0 Å². The second-order valence-electron chi connectivity index (χ2n) is 7.20. The molecule has 0 spiro atoms. The van der Waals surface area contributed by atoms with Crippen LogP contribution in [-0.2, 0) is 16.1 Å². The Morgan fingerprint density at radius 3 is 2.69 bits per heavy atom. The van der Waals surface area contributed by atoms with E-state index in [0.717, 1.165) is 11.1 Å². The molecule has 1 aromatic carbocycles. The average Bonchev–Trinajstić information content (AvgIpc) is 3.32. The van der Waals surface area contributed by atoms with Crippen molar-refractivity contribution in [3.63, 3.8) is 0 Å². The first kappa shape index (κ1) is 19.6. The summed E-state index contributed by atoms with van der Waals surface area (Å²) >= 11 is 6.34. The predicted octanol–water partition coefficient (Wildman–Crippen LogP) is 4.35. The molecule has 1 aliphatic heterocycles. The largest absolute Gasteiger partial charge is 0.466 e. The number of likely N-dealkylation sites (tertiary alicyclic amines) is 1. The zero-order valence-electron chi connectivity index (χ0n) is 16.3. The molecule has 0 bridgehead atoms. The van der Waals surface area contributed by atoms with E-state index < -0.39 is 0 Å². The van der Waals surface area contributed by atoms with Crippen molar-refractivity contribution >= 4 is 34.6 Å². The smallest absolute Gasteiger partial charge is 0.309 e. The predicted molar refractivity (Wildman–Crippen MR) is 110 cm³/mol. The number of aromatic nitrogens is 1. The average molecular weight is 415 g/mol. The highest BCUT2D eigenvalue weighted by Gasteiger charge is 2.30. The summed E-state index contributed by atoms with van der Waals surface area (Å²) in [5.41, 5.74) is 3.02. The number of carbonyl (C=O) groups is 2. The Labute approximate surface area is 174 Å². The van der Waals surface area contributed by atoms with Crippen molar-refractivity contribution in [1.29, 1.82) is 0 Å². The normalized spacial score (nSPS) is 15.0. The van der Waals surface area contributed by atoms with E-state index in [1.807, 2.05) is 34.9 Å². The van der Waals surface area contributed by atoms with Crippen LogP contribution in [0.4, 0.5) is 0 Å². The van der Waals surface area contributed by atoms with Gasteiger partial charge in [-0.2, -0.15) is 0 Å². The van der Waals surface area contributed by atoms with Crippen molar-refractivity contribution in [3.05, 3.63) is 58.9 Å². The lowest BCUT2D eigenvalue weighted by molar-refractivity contribution is -0.149. The highest BCUT2D eigenvalue weighted by molar-refractivity contribution is 6.31. The molecule has 0 atom stereocenters. The number of amides is 1. The van der Waals surface area contributed by atoms with E-state index in [9.17, 15) is 9.59 Å². The van der Waals surface area contributed by atoms with Gasteiger partial charge >= 0.3 is 5.97 Å². The lowest BCUT2D eigenvalue weighted by atomic mass is 9.97. The van der Waals surface area contributed by atoms with Gasteiger partial charge in [-0.15, -0.1) is 0 Å². The van der Waals surface area contributed by atoms with Gasteiger partial charge in [0.15, 0.2) is 5.58 Å². The van der Waals surface area contributed by atoms with Gasteiger partial charge in [-0.3, -0.25) is 9.59 Å². The number of rotatable bonds is 5. The molecule has 1 amide bonds. The lowest BCUT2D eigenvalue weighted by Crippen LogP contribution is -2.41. The molecule has 2 aromatic heterocycles. The lowest BCUT2D eigenvalue weighted by Gasteiger charge is -2.31. The first-order valence-electron chi connectivity index (χ1n) is 9.84. The monoisotopic (exact) mass is 414 g/mol. The first-order valence-corrected chi connectivity index (χ1v) is 10.2. The Kier molecular flexibility index (Phi) is 5.62. The Morgan fingerprint density at radius 1 is 1.21 bits per heavy atom. The maximum absolute atomic E-state index is 13.3. The summed E-state index contributed by atoms with van der Waals surface area (Å²) in [6.45, 7) is 3.72. The van der Waals surface area contributed by atoms with Crippen LogP contribution >= 0.6 is 11.6 Å². The SMILES string of the molecule is CCOC(=O)C1CCN(C(=O)c2cc3occc3n2Cc2ccccc2Cl)CC1. The molecule has 0 unspecified atom stereocenters. The quantitative estimate of drug-likeness (QED) is 0.582. The summed E-state index contributed by atoms with van der Waals surface area (Å²) in [5.74, 6) is -0.366. The molecule has 4 rings (SSSR count). The second-order valence-corrected chi connectivity index (χ2v) is 7.60. The minimum Gasteiger partial charge on any atom is -0.466 e. The molecule has 0 aliphatic carbocycles. The first-order chi connectivity index (χ1) is 14.1. The van der Waals surface area contributed by atoms with Gasteiger partial charge in [0, 0.05) is 36.8 Å². The van der Waals surface area contributed by atoms with Crippen molar-refractivity contribution < 1.29 is 18.7 Å². The fourth-order valence-electron chi connectivity index (χ4n) is 3.86. The minimum absolute atomic E-state index is 0.0641.